The van der Waals surface area contributed by atoms with Crippen LogP contribution in [0.2, 0.25) is 0 Å². The van der Waals surface area contributed by atoms with Crippen LogP contribution in [0.1, 0.15) is 68.8 Å². The molecule has 0 unspecified atom stereocenters. The highest BCUT2D eigenvalue weighted by atomic mass is 16.7. The largest absolute Gasteiger partial charge is 0.456 e. The van der Waals surface area contributed by atoms with Crippen molar-refractivity contribution in [1.82, 2.24) is 5.32 Å². The Balaban J connectivity index is 1.16. The second-order valence-electron chi connectivity index (χ2n) is 10.0. The number of carbonyl (C=O) groups excluding carboxylic acids is 3. The van der Waals surface area contributed by atoms with Gasteiger partial charge in [-0.05, 0) is 48.1 Å². The van der Waals surface area contributed by atoms with Gasteiger partial charge in [-0.2, -0.15) is 0 Å². The van der Waals surface area contributed by atoms with Crippen molar-refractivity contribution in [2.75, 3.05) is 18.5 Å². The zero-order valence-electron chi connectivity index (χ0n) is 20.4. The summed E-state index contributed by atoms with van der Waals surface area (Å²) in [5.41, 5.74) is 2.20. The number of nitrogens with one attached hydrogen (secondary N) is 2. The van der Waals surface area contributed by atoms with Crippen LogP contribution in [-0.4, -0.2) is 36.7 Å². The van der Waals surface area contributed by atoms with Gasteiger partial charge in [-0.1, -0.05) is 32.9 Å². The van der Waals surface area contributed by atoms with Gasteiger partial charge in [-0.25, -0.2) is 0 Å². The molecule has 2 aromatic rings. The number of benzene rings is 2. The van der Waals surface area contributed by atoms with Crippen molar-refractivity contribution in [1.29, 1.82) is 0 Å². The van der Waals surface area contributed by atoms with Crippen molar-refractivity contribution in [3.63, 3.8) is 0 Å². The summed E-state index contributed by atoms with van der Waals surface area (Å²) in [5, 5.41) is 5.39. The van der Waals surface area contributed by atoms with E-state index < -0.39 is 24.3 Å². The summed E-state index contributed by atoms with van der Waals surface area (Å²) in [6.07, 6.45) is 3.80. The van der Waals surface area contributed by atoms with Gasteiger partial charge in [0.15, 0.2) is 18.1 Å². The number of carbonyl (C=O) groups is 3. The molecule has 4 rings (SSSR count). The summed E-state index contributed by atoms with van der Waals surface area (Å²) in [5.74, 6) is -0.591. The number of rotatable bonds is 7. The Bertz CT molecular complexity index is 1100. The Morgan fingerprint density at radius 3 is 2.34 bits per heavy atom. The summed E-state index contributed by atoms with van der Waals surface area (Å²) in [6, 6.07) is 12.6. The van der Waals surface area contributed by atoms with Crippen LogP contribution in [0.25, 0.3) is 0 Å². The first-order valence-corrected chi connectivity index (χ1v) is 12.0. The molecule has 1 aliphatic heterocycles. The molecule has 186 valence electrons. The number of anilines is 1. The lowest BCUT2D eigenvalue weighted by atomic mass is 9.87. The Hall–Kier alpha value is -3.55. The summed E-state index contributed by atoms with van der Waals surface area (Å²) in [4.78, 5) is 36.5. The molecule has 1 saturated carbocycles. The second kappa shape index (κ2) is 9.98. The number of fused-ring (bicyclic) bond motifs is 1. The van der Waals surface area contributed by atoms with E-state index in [1.165, 1.54) is 0 Å². The summed E-state index contributed by atoms with van der Waals surface area (Å²) in [7, 11) is 0. The maximum absolute atomic E-state index is 12.3. The lowest BCUT2D eigenvalue weighted by molar-refractivity contribution is -0.147. The normalized spacial score (nSPS) is 15.6. The predicted octanol–water partition coefficient (Wildman–Crippen LogP) is 4.33. The molecule has 8 heteroatoms. The van der Waals surface area contributed by atoms with Crippen molar-refractivity contribution >= 4 is 23.5 Å². The van der Waals surface area contributed by atoms with E-state index in [9.17, 15) is 14.4 Å². The molecule has 35 heavy (non-hydrogen) atoms. The highest BCUT2D eigenvalue weighted by molar-refractivity contribution is 5.95. The topological polar surface area (TPSA) is 103 Å². The van der Waals surface area contributed by atoms with Crippen molar-refractivity contribution in [2.24, 2.45) is 0 Å². The first kappa shape index (κ1) is 24.6. The second-order valence-corrected chi connectivity index (χ2v) is 10.0. The smallest absolute Gasteiger partial charge is 0.308 e. The van der Waals surface area contributed by atoms with Gasteiger partial charge >= 0.3 is 5.97 Å². The minimum Gasteiger partial charge on any atom is -0.456 e. The summed E-state index contributed by atoms with van der Waals surface area (Å²) in [6.45, 7) is 6.01. The molecule has 2 amide bonds. The molecule has 0 radical (unpaired) electrons. The molecule has 2 N–H and O–H groups in total. The summed E-state index contributed by atoms with van der Waals surface area (Å²) < 4.78 is 17.0. The first-order valence-electron chi connectivity index (χ1n) is 12.0. The predicted molar refractivity (Wildman–Crippen MR) is 131 cm³/mol. The number of amides is 2. The van der Waals surface area contributed by atoms with Crippen molar-refractivity contribution in [2.45, 2.75) is 64.1 Å². The lowest BCUT2D eigenvalue weighted by Crippen LogP contribution is -2.34. The Labute approximate surface area is 205 Å². The fourth-order valence-corrected chi connectivity index (χ4v) is 4.21. The van der Waals surface area contributed by atoms with E-state index in [4.69, 9.17) is 14.2 Å². The molecular weight excluding hydrogens is 448 g/mol. The number of esters is 1. The van der Waals surface area contributed by atoms with Crippen LogP contribution in [0.4, 0.5) is 5.69 Å². The highest BCUT2D eigenvalue weighted by Gasteiger charge is 2.44. The van der Waals surface area contributed by atoms with E-state index in [2.05, 4.69) is 31.4 Å². The van der Waals surface area contributed by atoms with Crippen LogP contribution in [0.3, 0.4) is 0 Å². The third-order valence-corrected chi connectivity index (χ3v) is 6.18. The molecule has 0 atom stereocenters. The molecule has 1 heterocycles. The van der Waals surface area contributed by atoms with Gasteiger partial charge in [0.25, 0.3) is 17.6 Å². The van der Waals surface area contributed by atoms with Crippen LogP contribution in [0.15, 0.2) is 42.5 Å². The molecule has 0 aromatic heterocycles. The number of hydrogen-bond acceptors (Lipinski definition) is 6. The monoisotopic (exact) mass is 480 g/mol. The minimum absolute atomic E-state index is 0.00603. The Morgan fingerprint density at radius 1 is 0.971 bits per heavy atom. The minimum atomic E-state index is -0.572. The first-order chi connectivity index (χ1) is 16.6. The number of ether oxygens (including phenoxy) is 3. The highest BCUT2D eigenvalue weighted by Crippen LogP contribution is 2.47. The van der Waals surface area contributed by atoms with Gasteiger partial charge in [-0.15, -0.1) is 0 Å². The molecule has 8 nitrogen and oxygen atoms in total. The molecular formula is C27H32N2O6. The standard InChI is InChI=1S/C27H32N2O6/c1-26(2,3)19-8-6-18(7-9-19)25(32)28-15-12-24(31)33-17-23(30)29-20-10-11-21-22(16-20)35-27(34-21)13-4-5-14-27/h6-11,16H,4-5,12-15,17H2,1-3H3,(H,28,32)(H,29,30). The fourth-order valence-electron chi connectivity index (χ4n) is 4.21. The maximum Gasteiger partial charge on any atom is 0.308 e. The van der Waals surface area contributed by atoms with Gasteiger partial charge in [0.05, 0.1) is 6.42 Å². The van der Waals surface area contributed by atoms with Gasteiger partial charge < -0.3 is 24.8 Å². The average molecular weight is 481 g/mol. The maximum atomic E-state index is 12.3. The molecule has 2 aromatic carbocycles. The molecule has 1 fully saturated rings. The van der Waals surface area contributed by atoms with Gasteiger partial charge in [0.1, 0.15) is 0 Å². The van der Waals surface area contributed by atoms with Crippen molar-refractivity contribution in [3.05, 3.63) is 53.6 Å². The SMILES string of the molecule is CC(C)(C)c1ccc(C(=O)NCCC(=O)OCC(=O)Nc2ccc3c(c2)OC2(CCCC2)O3)cc1. The van der Waals surface area contributed by atoms with E-state index >= 15 is 0 Å². The van der Waals surface area contributed by atoms with Crippen LogP contribution in [0, 0.1) is 0 Å². The fraction of sp³-hybridized carbons (Fsp3) is 0.444. The molecule has 0 bridgehead atoms. The molecule has 1 aliphatic carbocycles. The zero-order chi connectivity index (χ0) is 25.1. The van der Waals surface area contributed by atoms with Crippen LogP contribution < -0.4 is 20.1 Å². The Kier molecular flexibility index (Phi) is 7.00. The molecule has 2 aliphatic rings. The third-order valence-electron chi connectivity index (χ3n) is 6.18. The Morgan fingerprint density at radius 2 is 1.66 bits per heavy atom. The quantitative estimate of drug-likeness (QED) is 0.572. The van der Waals surface area contributed by atoms with Gasteiger partial charge in [0, 0.05) is 36.7 Å². The lowest BCUT2D eigenvalue weighted by Gasteiger charge is -2.21. The summed E-state index contributed by atoms with van der Waals surface area (Å²) >= 11 is 0. The zero-order valence-corrected chi connectivity index (χ0v) is 20.4. The van der Waals surface area contributed by atoms with Crippen LogP contribution in [0.5, 0.6) is 11.5 Å². The van der Waals surface area contributed by atoms with E-state index in [-0.39, 0.29) is 24.3 Å². The van der Waals surface area contributed by atoms with E-state index in [0.717, 1.165) is 31.2 Å². The van der Waals surface area contributed by atoms with Crippen molar-refractivity contribution < 1.29 is 28.6 Å². The number of hydrogen-bond donors (Lipinski definition) is 2. The van der Waals surface area contributed by atoms with E-state index in [1.807, 2.05) is 12.1 Å². The molecule has 1 spiro atoms. The van der Waals surface area contributed by atoms with Crippen LogP contribution >= 0.6 is 0 Å². The van der Waals surface area contributed by atoms with E-state index in [0.29, 0.717) is 22.7 Å². The average Bonchev–Trinajstić information content (AvgIpc) is 3.42. The van der Waals surface area contributed by atoms with Crippen molar-refractivity contribution in [3.8, 4) is 11.5 Å². The van der Waals surface area contributed by atoms with Crippen LogP contribution in [-0.2, 0) is 19.7 Å². The van der Waals surface area contributed by atoms with Gasteiger partial charge in [-0.3, -0.25) is 14.4 Å². The van der Waals surface area contributed by atoms with Gasteiger partial charge in [0.2, 0.25) is 0 Å². The third kappa shape index (κ3) is 6.12. The molecule has 0 saturated heterocycles. The van der Waals surface area contributed by atoms with E-state index in [1.54, 1.807) is 30.3 Å².